The number of hydrogen-bond acceptors (Lipinski definition) is 6. The van der Waals surface area contributed by atoms with Gasteiger partial charge in [-0.25, -0.2) is 15.0 Å². The zero-order chi connectivity index (χ0) is 19.5. The first-order valence-corrected chi connectivity index (χ1v) is 10.5. The number of carbonyl (C=O) groups is 1. The van der Waals surface area contributed by atoms with Crippen molar-refractivity contribution in [2.45, 2.75) is 45.1 Å². The van der Waals surface area contributed by atoms with Gasteiger partial charge in [-0.15, -0.1) is 11.3 Å². The smallest absolute Gasteiger partial charge is 0.223 e. The van der Waals surface area contributed by atoms with E-state index < -0.39 is 0 Å². The molecule has 1 fully saturated rings. The Morgan fingerprint density at radius 2 is 2.18 bits per heavy atom. The lowest BCUT2D eigenvalue weighted by atomic mass is 9.92. The van der Waals surface area contributed by atoms with E-state index in [1.807, 2.05) is 30.0 Å². The summed E-state index contributed by atoms with van der Waals surface area (Å²) in [6.07, 6.45) is 4.78. The molecule has 1 N–H and O–H groups in total. The number of aromatic nitrogens is 3. The average Bonchev–Trinajstić information content (AvgIpc) is 3.15. The maximum absolute atomic E-state index is 12.8. The predicted octanol–water partition coefficient (Wildman–Crippen LogP) is 3.23. The second-order valence-electron chi connectivity index (χ2n) is 7.24. The van der Waals surface area contributed by atoms with Crippen LogP contribution in [0.4, 0.5) is 0 Å². The summed E-state index contributed by atoms with van der Waals surface area (Å²) in [7, 11) is 0. The minimum absolute atomic E-state index is 0.0718. The van der Waals surface area contributed by atoms with Crippen LogP contribution in [0.25, 0.3) is 10.2 Å². The van der Waals surface area contributed by atoms with Crippen LogP contribution < -0.4 is 0 Å². The number of carbonyl (C=O) groups excluding carboxylic acids is 1. The fourth-order valence-corrected chi connectivity index (χ4v) is 4.78. The molecule has 28 heavy (non-hydrogen) atoms. The summed E-state index contributed by atoms with van der Waals surface area (Å²) < 4.78 is 1.17. The molecule has 1 unspecified atom stereocenters. The van der Waals surface area contributed by atoms with Crippen molar-refractivity contribution in [2.24, 2.45) is 0 Å². The highest BCUT2D eigenvalue weighted by Crippen LogP contribution is 2.29. The van der Waals surface area contributed by atoms with Crippen molar-refractivity contribution >= 4 is 27.5 Å². The van der Waals surface area contributed by atoms with Crippen LogP contribution in [-0.2, 0) is 17.8 Å². The minimum atomic E-state index is -0.0718. The van der Waals surface area contributed by atoms with Crippen LogP contribution in [0.1, 0.15) is 47.3 Å². The van der Waals surface area contributed by atoms with Gasteiger partial charge in [0.25, 0.3) is 0 Å². The Kier molecular flexibility index (Phi) is 5.64. The number of thiazole rings is 1. The van der Waals surface area contributed by atoms with Crippen LogP contribution >= 0.6 is 11.3 Å². The Morgan fingerprint density at radius 1 is 1.32 bits per heavy atom. The van der Waals surface area contributed by atoms with Gasteiger partial charge in [-0.3, -0.25) is 4.79 Å². The van der Waals surface area contributed by atoms with Crippen LogP contribution in [0, 0.1) is 6.92 Å². The summed E-state index contributed by atoms with van der Waals surface area (Å²) in [5, 5.41) is 10.6. The average molecular weight is 397 g/mol. The Hall–Kier alpha value is -2.38. The summed E-state index contributed by atoms with van der Waals surface area (Å²) in [5.41, 5.74) is 2.65. The van der Waals surface area contributed by atoms with E-state index in [9.17, 15) is 9.90 Å². The van der Waals surface area contributed by atoms with Gasteiger partial charge in [0.1, 0.15) is 5.82 Å². The third-order valence-electron chi connectivity index (χ3n) is 5.24. The third kappa shape index (κ3) is 4.05. The van der Waals surface area contributed by atoms with Crippen molar-refractivity contribution in [3.05, 3.63) is 52.6 Å². The number of piperidine rings is 1. The van der Waals surface area contributed by atoms with Gasteiger partial charge < -0.3 is 10.0 Å². The van der Waals surface area contributed by atoms with Crippen LogP contribution in [0.3, 0.4) is 0 Å². The maximum atomic E-state index is 12.8. The molecule has 0 saturated carbocycles. The van der Waals surface area contributed by atoms with E-state index in [0.29, 0.717) is 25.2 Å². The van der Waals surface area contributed by atoms with Crippen molar-refractivity contribution in [1.29, 1.82) is 0 Å². The molecule has 1 aliphatic rings. The molecule has 6 nitrogen and oxygen atoms in total. The Morgan fingerprint density at radius 3 is 3.00 bits per heavy atom. The van der Waals surface area contributed by atoms with Crippen LogP contribution in [0.5, 0.6) is 0 Å². The number of para-hydroxylation sites is 1. The molecule has 0 spiro atoms. The molecule has 1 amide bonds. The van der Waals surface area contributed by atoms with Gasteiger partial charge in [0.05, 0.1) is 27.5 Å². The van der Waals surface area contributed by atoms with Crippen LogP contribution in [0.15, 0.2) is 30.5 Å². The van der Waals surface area contributed by atoms with E-state index in [2.05, 4.69) is 21.0 Å². The fraction of sp³-hybridized carbons (Fsp3) is 0.429. The predicted molar refractivity (Wildman–Crippen MR) is 109 cm³/mol. The van der Waals surface area contributed by atoms with Crippen molar-refractivity contribution in [1.82, 2.24) is 19.9 Å². The lowest BCUT2D eigenvalue weighted by Crippen LogP contribution is -2.39. The van der Waals surface area contributed by atoms with E-state index in [1.54, 1.807) is 17.5 Å². The molecule has 0 radical (unpaired) electrons. The molecule has 2 aromatic heterocycles. The number of aliphatic hydroxyl groups excluding tert-OH is 1. The molecule has 3 aromatic rings. The summed E-state index contributed by atoms with van der Waals surface area (Å²) >= 11 is 1.66. The molecule has 0 bridgehead atoms. The summed E-state index contributed by atoms with van der Waals surface area (Å²) in [5.74, 6) is 1.02. The first-order chi connectivity index (χ1) is 13.6. The first-order valence-electron chi connectivity index (χ1n) is 9.69. The summed E-state index contributed by atoms with van der Waals surface area (Å²) in [6, 6.07) is 8.07. The van der Waals surface area contributed by atoms with E-state index in [0.717, 1.165) is 41.2 Å². The van der Waals surface area contributed by atoms with Gasteiger partial charge in [0, 0.05) is 43.6 Å². The number of amides is 1. The van der Waals surface area contributed by atoms with Gasteiger partial charge in [0.2, 0.25) is 5.91 Å². The zero-order valence-electron chi connectivity index (χ0n) is 16.0. The number of nitrogens with zero attached hydrogens (tertiary/aromatic N) is 4. The van der Waals surface area contributed by atoms with E-state index in [4.69, 9.17) is 0 Å². The minimum Gasteiger partial charge on any atom is -0.392 e. The zero-order valence-corrected chi connectivity index (χ0v) is 16.8. The monoisotopic (exact) mass is 396 g/mol. The number of hydrogen-bond donors (Lipinski definition) is 1. The topological polar surface area (TPSA) is 79.2 Å². The number of likely N-dealkylation sites (tertiary alicyclic amines) is 1. The highest BCUT2D eigenvalue weighted by Gasteiger charge is 2.27. The number of benzene rings is 1. The Balaban J connectivity index is 1.41. The van der Waals surface area contributed by atoms with E-state index >= 15 is 0 Å². The van der Waals surface area contributed by atoms with E-state index in [1.165, 1.54) is 4.70 Å². The second kappa shape index (κ2) is 8.32. The molecule has 0 aliphatic carbocycles. The van der Waals surface area contributed by atoms with Crippen molar-refractivity contribution in [3.63, 3.8) is 0 Å². The number of rotatable bonds is 5. The van der Waals surface area contributed by atoms with Gasteiger partial charge in [-0.2, -0.15) is 0 Å². The van der Waals surface area contributed by atoms with Crippen molar-refractivity contribution in [3.8, 4) is 0 Å². The SMILES string of the molecule is Cc1ncc(CO)c(C2CCCN(C(=O)CCc3nc4ccccc4s3)C2)n1. The quantitative estimate of drug-likeness (QED) is 0.716. The summed E-state index contributed by atoms with van der Waals surface area (Å²) in [6.45, 7) is 3.22. The Labute approximate surface area is 168 Å². The highest BCUT2D eigenvalue weighted by atomic mass is 32.1. The molecular weight excluding hydrogens is 372 g/mol. The van der Waals surface area contributed by atoms with Gasteiger partial charge in [-0.1, -0.05) is 12.1 Å². The lowest BCUT2D eigenvalue weighted by Gasteiger charge is -2.33. The number of fused-ring (bicyclic) bond motifs is 1. The standard InChI is InChI=1S/C21H24N4O2S/c1-14-22-11-16(13-26)21(23-14)15-5-4-10-25(12-15)20(27)9-8-19-24-17-6-2-3-7-18(17)28-19/h2-3,6-7,11,15,26H,4-5,8-10,12-13H2,1H3. The molecule has 1 atom stereocenters. The molecule has 1 saturated heterocycles. The highest BCUT2D eigenvalue weighted by molar-refractivity contribution is 7.18. The molecular formula is C21H24N4O2S. The lowest BCUT2D eigenvalue weighted by molar-refractivity contribution is -0.132. The molecule has 7 heteroatoms. The van der Waals surface area contributed by atoms with Crippen molar-refractivity contribution < 1.29 is 9.90 Å². The van der Waals surface area contributed by atoms with Gasteiger partial charge >= 0.3 is 0 Å². The molecule has 1 aliphatic heterocycles. The Bertz CT molecular complexity index is 954. The first kappa shape index (κ1) is 19.0. The van der Waals surface area contributed by atoms with E-state index in [-0.39, 0.29) is 18.4 Å². The van der Waals surface area contributed by atoms with Gasteiger partial charge in [0.15, 0.2) is 0 Å². The summed E-state index contributed by atoms with van der Waals surface area (Å²) in [4.78, 5) is 28.1. The third-order valence-corrected chi connectivity index (χ3v) is 6.34. The fourth-order valence-electron chi connectivity index (χ4n) is 3.81. The molecule has 146 valence electrons. The molecule has 4 rings (SSSR count). The van der Waals surface area contributed by atoms with Crippen LogP contribution in [0.2, 0.25) is 0 Å². The maximum Gasteiger partial charge on any atom is 0.223 e. The molecule has 3 heterocycles. The number of aliphatic hydroxyl groups is 1. The van der Waals surface area contributed by atoms with Crippen molar-refractivity contribution in [2.75, 3.05) is 13.1 Å². The second-order valence-corrected chi connectivity index (χ2v) is 8.36. The largest absolute Gasteiger partial charge is 0.392 e. The normalized spacial score (nSPS) is 17.2. The molecule has 1 aromatic carbocycles. The van der Waals surface area contributed by atoms with Crippen LogP contribution in [-0.4, -0.2) is 44.0 Å². The van der Waals surface area contributed by atoms with Gasteiger partial charge in [-0.05, 0) is 31.9 Å². The number of aryl methyl sites for hydroxylation is 2.